The number of carboxylic acids is 1. The van der Waals surface area contributed by atoms with E-state index in [1.165, 1.54) is 6.07 Å². The molecule has 2 aromatic carbocycles. The molecule has 2 rings (SSSR count). The first-order valence-corrected chi connectivity index (χ1v) is 9.88. The number of carbonyl (C=O) groups excluding carboxylic acids is 2. The van der Waals surface area contributed by atoms with E-state index in [0.717, 1.165) is 16.7 Å². The first-order valence-electron chi connectivity index (χ1n) is 9.88. The van der Waals surface area contributed by atoms with Gasteiger partial charge in [-0.25, -0.2) is 0 Å². The fourth-order valence-electron chi connectivity index (χ4n) is 3.09. The number of amides is 2. The van der Waals surface area contributed by atoms with Gasteiger partial charge in [-0.1, -0.05) is 35.9 Å². The number of aliphatic carboxylic acids is 1. The van der Waals surface area contributed by atoms with Gasteiger partial charge in [0.2, 0.25) is 11.8 Å². The molecular formula is C22H28N4O5. The Balaban J connectivity index is 2.20. The van der Waals surface area contributed by atoms with Crippen molar-refractivity contribution in [2.75, 3.05) is 13.1 Å². The van der Waals surface area contributed by atoms with E-state index in [0.29, 0.717) is 13.0 Å². The molecule has 0 aliphatic carbocycles. The second-order valence-corrected chi connectivity index (χ2v) is 7.22. The molecular weight excluding hydrogens is 400 g/mol. The summed E-state index contributed by atoms with van der Waals surface area (Å²) in [7, 11) is 0. The lowest BCUT2D eigenvalue weighted by atomic mass is 9.97. The second-order valence-electron chi connectivity index (χ2n) is 7.22. The highest BCUT2D eigenvalue weighted by atomic mass is 16.4. The number of carbonyl (C=O) groups is 3. The zero-order valence-electron chi connectivity index (χ0n) is 17.3. The van der Waals surface area contributed by atoms with E-state index in [4.69, 9.17) is 16.6 Å². The van der Waals surface area contributed by atoms with Crippen molar-refractivity contribution in [2.45, 2.75) is 31.8 Å². The summed E-state index contributed by atoms with van der Waals surface area (Å²) in [6, 6.07) is 10.3. The van der Waals surface area contributed by atoms with Crippen LogP contribution in [0.3, 0.4) is 0 Å². The number of hydrogen-bond donors (Lipinski definition) is 6. The van der Waals surface area contributed by atoms with E-state index in [1.807, 2.05) is 31.2 Å². The maximum absolute atomic E-state index is 12.7. The molecule has 0 aliphatic rings. The van der Waals surface area contributed by atoms with Crippen molar-refractivity contribution in [3.05, 3.63) is 53.6 Å². The van der Waals surface area contributed by atoms with Crippen LogP contribution in [-0.4, -0.2) is 47.1 Å². The normalized spacial score (nSPS) is 12.6. The standard InChI is InChI=1S/C22H28N4O5/c1-13-4-2-5-14(10-13)15-7-8-18(27)16(11-15)20(24)22(31)26-17(6-3-9-23)21(30)25-12-19(28)29/h2,4-5,7-8,10-11,17,20,27H,3,6,9,12,23-24H2,1H3,(H,25,30)(H,26,31)(H,28,29)/t17-,20?/m0/s1. The lowest BCUT2D eigenvalue weighted by Gasteiger charge is -2.21. The smallest absolute Gasteiger partial charge is 0.322 e. The van der Waals surface area contributed by atoms with Crippen LogP contribution in [0.5, 0.6) is 5.75 Å². The molecule has 0 bridgehead atoms. The molecule has 9 nitrogen and oxygen atoms in total. The van der Waals surface area contributed by atoms with Crippen LogP contribution in [0.25, 0.3) is 11.1 Å². The maximum atomic E-state index is 12.7. The average molecular weight is 428 g/mol. The van der Waals surface area contributed by atoms with Gasteiger partial charge in [0.1, 0.15) is 24.4 Å². The Labute approximate surface area is 180 Å². The molecule has 31 heavy (non-hydrogen) atoms. The predicted molar refractivity (Wildman–Crippen MR) is 116 cm³/mol. The van der Waals surface area contributed by atoms with Crippen LogP contribution >= 0.6 is 0 Å². The molecule has 2 aromatic rings. The maximum Gasteiger partial charge on any atom is 0.322 e. The van der Waals surface area contributed by atoms with Gasteiger partial charge < -0.3 is 32.3 Å². The quantitative estimate of drug-likeness (QED) is 0.325. The Morgan fingerprint density at radius 1 is 1.06 bits per heavy atom. The van der Waals surface area contributed by atoms with Crippen LogP contribution < -0.4 is 22.1 Å². The van der Waals surface area contributed by atoms with Gasteiger partial charge >= 0.3 is 5.97 Å². The van der Waals surface area contributed by atoms with E-state index < -0.39 is 36.4 Å². The molecule has 0 aliphatic heterocycles. The van der Waals surface area contributed by atoms with Crippen molar-refractivity contribution >= 4 is 17.8 Å². The number of phenolic OH excluding ortho intramolecular Hbond substituents is 1. The van der Waals surface area contributed by atoms with E-state index in [-0.39, 0.29) is 17.7 Å². The van der Waals surface area contributed by atoms with Gasteiger partial charge in [-0.05, 0) is 49.6 Å². The molecule has 0 aromatic heterocycles. The molecule has 2 amide bonds. The Morgan fingerprint density at radius 3 is 2.42 bits per heavy atom. The van der Waals surface area contributed by atoms with Crippen LogP contribution in [0.2, 0.25) is 0 Å². The zero-order chi connectivity index (χ0) is 23.0. The van der Waals surface area contributed by atoms with Crippen LogP contribution in [0, 0.1) is 6.92 Å². The van der Waals surface area contributed by atoms with Gasteiger partial charge in [0.25, 0.3) is 0 Å². The first kappa shape index (κ1) is 23.8. The van der Waals surface area contributed by atoms with Crippen LogP contribution in [0.15, 0.2) is 42.5 Å². The summed E-state index contributed by atoms with van der Waals surface area (Å²) in [5.41, 5.74) is 14.5. The SMILES string of the molecule is Cc1cccc(-c2ccc(O)c(C(N)C(=O)N[C@@H](CCCN)C(=O)NCC(=O)O)c2)c1. The third-order valence-corrected chi connectivity index (χ3v) is 4.74. The number of rotatable bonds is 10. The molecule has 0 saturated carbocycles. The Hall–Kier alpha value is -3.43. The van der Waals surface area contributed by atoms with Crippen molar-refractivity contribution in [1.29, 1.82) is 0 Å². The lowest BCUT2D eigenvalue weighted by molar-refractivity contribution is -0.138. The molecule has 8 N–H and O–H groups in total. The number of carboxylic acid groups (broad SMARTS) is 1. The van der Waals surface area contributed by atoms with Crippen LogP contribution in [-0.2, 0) is 14.4 Å². The molecule has 2 atom stereocenters. The zero-order valence-corrected chi connectivity index (χ0v) is 17.3. The number of hydrogen-bond acceptors (Lipinski definition) is 6. The number of aromatic hydroxyl groups is 1. The minimum atomic E-state index is -1.24. The van der Waals surface area contributed by atoms with Gasteiger partial charge in [0.15, 0.2) is 0 Å². The molecule has 1 unspecified atom stereocenters. The van der Waals surface area contributed by atoms with Crippen molar-refractivity contribution in [2.24, 2.45) is 11.5 Å². The van der Waals surface area contributed by atoms with Gasteiger partial charge in [-0.3, -0.25) is 14.4 Å². The Morgan fingerprint density at radius 2 is 1.77 bits per heavy atom. The first-order chi connectivity index (χ1) is 14.7. The van der Waals surface area contributed by atoms with Gasteiger partial charge in [-0.15, -0.1) is 0 Å². The monoisotopic (exact) mass is 428 g/mol. The number of nitrogens with two attached hydrogens (primary N) is 2. The number of nitrogens with one attached hydrogen (secondary N) is 2. The largest absolute Gasteiger partial charge is 0.508 e. The van der Waals surface area contributed by atoms with E-state index in [9.17, 15) is 19.5 Å². The van der Waals surface area contributed by atoms with E-state index >= 15 is 0 Å². The molecule has 0 spiro atoms. The highest BCUT2D eigenvalue weighted by Gasteiger charge is 2.26. The highest BCUT2D eigenvalue weighted by molar-refractivity contribution is 5.91. The summed E-state index contributed by atoms with van der Waals surface area (Å²) >= 11 is 0. The summed E-state index contributed by atoms with van der Waals surface area (Å²) in [5, 5.41) is 23.8. The van der Waals surface area contributed by atoms with Crippen molar-refractivity contribution in [1.82, 2.24) is 10.6 Å². The predicted octanol–water partition coefficient (Wildman–Crippen LogP) is 0.792. The summed E-state index contributed by atoms with van der Waals surface area (Å²) in [6.45, 7) is 1.68. The molecule has 0 radical (unpaired) electrons. The minimum Gasteiger partial charge on any atom is -0.508 e. The Kier molecular flexibility index (Phi) is 8.53. The van der Waals surface area contributed by atoms with Gasteiger partial charge in [0.05, 0.1) is 0 Å². The fraction of sp³-hybridized carbons (Fsp3) is 0.318. The molecule has 0 saturated heterocycles. The minimum absolute atomic E-state index is 0.145. The van der Waals surface area contributed by atoms with Gasteiger partial charge in [0, 0.05) is 5.56 Å². The molecule has 0 fully saturated rings. The van der Waals surface area contributed by atoms with Crippen LogP contribution in [0.4, 0.5) is 0 Å². The van der Waals surface area contributed by atoms with Crippen LogP contribution in [0.1, 0.15) is 30.0 Å². The second kappa shape index (κ2) is 11.1. The van der Waals surface area contributed by atoms with Crippen molar-refractivity contribution in [3.63, 3.8) is 0 Å². The fourth-order valence-corrected chi connectivity index (χ4v) is 3.09. The summed E-state index contributed by atoms with van der Waals surface area (Å²) in [5.74, 6) is -2.67. The van der Waals surface area contributed by atoms with E-state index in [1.54, 1.807) is 12.1 Å². The van der Waals surface area contributed by atoms with Crippen molar-refractivity contribution < 1.29 is 24.6 Å². The highest BCUT2D eigenvalue weighted by Crippen LogP contribution is 2.30. The van der Waals surface area contributed by atoms with Gasteiger partial charge in [-0.2, -0.15) is 0 Å². The third kappa shape index (κ3) is 6.80. The van der Waals surface area contributed by atoms with E-state index in [2.05, 4.69) is 10.6 Å². The Bertz CT molecular complexity index is 947. The summed E-state index contributed by atoms with van der Waals surface area (Å²) in [6.07, 6.45) is 0.657. The third-order valence-electron chi connectivity index (χ3n) is 4.74. The number of benzene rings is 2. The molecule has 166 valence electrons. The summed E-state index contributed by atoms with van der Waals surface area (Å²) < 4.78 is 0. The number of aryl methyl sites for hydroxylation is 1. The summed E-state index contributed by atoms with van der Waals surface area (Å²) in [4.78, 5) is 35.7. The lowest BCUT2D eigenvalue weighted by Crippen LogP contribution is -2.50. The number of phenols is 1. The topological polar surface area (TPSA) is 168 Å². The molecule has 9 heteroatoms. The average Bonchev–Trinajstić information content (AvgIpc) is 2.74. The van der Waals surface area contributed by atoms with Crippen molar-refractivity contribution in [3.8, 4) is 16.9 Å². The molecule has 0 heterocycles.